The molecule has 0 fully saturated rings. The molecule has 0 aliphatic carbocycles. The number of allylic oxidation sites excluding steroid dienone is 3. The number of imidazole rings is 1. The highest BCUT2D eigenvalue weighted by atomic mass is 14.8. The molecule has 1 N–H and O–H groups in total. The summed E-state index contributed by atoms with van der Waals surface area (Å²) in [6.07, 6.45) is 8.61. The Morgan fingerprint density at radius 2 is 2.58 bits per heavy atom. The average molecular weight is 159 g/mol. The van der Waals surface area contributed by atoms with Crippen molar-refractivity contribution in [2.45, 2.75) is 6.92 Å². The van der Waals surface area contributed by atoms with Crippen molar-refractivity contribution in [3.05, 3.63) is 35.9 Å². The van der Waals surface area contributed by atoms with Crippen LogP contribution in [0, 0.1) is 11.3 Å². The molecule has 1 aromatic heterocycles. The van der Waals surface area contributed by atoms with Crippen molar-refractivity contribution in [3.8, 4) is 6.07 Å². The first kappa shape index (κ1) is 8.28. The van der Waals surface area contributed by atoms with E-state index in [1.165, 1.54) is 0 Å². The van der Waals surface area contributed by atoms with E-state index in [0.717, 1.165) is 5.69 Å². The van der Waals surface area contributed by atoms with Crippen molar-refractivity contribution < 1.29 is 0 Å². The molecule has 0 amide bonds. The van der Waals surface area contributed by atoms with E-state index in [4.69, 9.17) is 5.26 Å². The largest absolute Gasteiger partial charge is 0.345 e. The fourth-order valence-electron chi connectivity index (χ4n) is 0.735. The Morgan fingerprint density at radius 3 is 3.08 bits per heavy atom. The number of nitrogens with zero attached hydrogens (tertiary/aromatic N) is 2. The van der Waals surface area contributed by atoms with Crippen LogP contribution >= 0.6 is 0 Å². The molecule has 0 aliphatic rings. The summed E-state index contributed by atoms with van der Waals surface area (Å²) < 4.78 is 0. The Kier molecular flexibility index (Phi) is 2.86. The second-order valence-corrected chi connectivity index (χ2v) is 2.20. The standard InChI is InChI=1S/C9H9N3/c1-2-8(5-10)3-4-9-6-11-7-12-9/h2-4,6-7H,1H3,(H,11,12)/b4-3-,8-2+. The minimum Gasteiger partial charge on any atom is -0.345 e. The van der Waals surface area contributed by atoms with Gasteiger partial charge in [0.15, 0.2) is 0 Å². The van der Waals surface area contributed by atoms with Gasteiger partial charge in [0, 0.05) is 5.57 Å². The van der Waals surface area contributed by atoms with E-state index < -0.39 is 0 Å². The molecule has 12 heavy (non-hydrogen) atoms. The molecule has 0 saturated heterocycles. The molecule has 0 aliphatic heterocycles. The van der Waals surface area contributed by atoms with E-state index in [2.05, 4.69) is 16.0 Å². The highest BCUT2D eigenvalue weighted by Gasteiger charge is 1.87. The first-order valence-corrected chi connectivity index (χ1v) is 3.59. The maximum absolute atomic E-state index is 8.56. The summed E-state index contributed by atoms with van der Waals surface area (Å²) in [7, 11) is 0. The predicted octanol–water partition coefficient (Wildman–Crippen LogP) is 1.89. The molecule has 1 rings (SSSR count). The van der Waals surface area contributed by atoms with E-state index in [1.807, 2.05) is 13.0 Å². The van der Waals surface area contributed by atoms with Crippen LogP contribution in [0.2, 0.25) is 0 Å². The van der Waals surface area contributed by atoms with Crippen LogP contribution < -0.4 is 0 Å². The van der Waals surface area contributed by atoms with Crippen molar-refractivity contribution in [2.24, 2.45) is 0 Å². The second kappa shape index (κ2) is 4.14. The third-order valence-electron chi connectivity index (χ3n) is 1.40. The zero-order valence-corrected chi connectivity index (χ0v) is 6.78. The van der Waals surface area contributed by atoms with Crippen LogP contribution in [0.3, 0.4) is 0 Å². The van der Waals surface area contributed by atoms with E-state index >= 15 is 0 Å². The summed E-state index contributed by atoms with van der Waals surface area (Å²) in [4.78, 5) is 6.75. The number of hydrogen-bond acceptors (Lipinski definition) is 2. The summed E-state index contributed by atoms with van der Waals surface area (Å²) in [5.41, 5.74) is 1.54. The van der Waals surface area contributed by atoms with E-state index in [-0.39, 0.29) is 0 Å². The average Bonchev–Trinajstić information content (AvgIpc) is 2.59. The third kappa shape index (κ3) is 2.10. The molecule has 0 atom stereocenters. The maximum atomic E-state index is 8.56. The van der Waals surface area contributed by atoms with Gasteiger partial charge in [-0.3, -0.25) is 0 Å². The van der Waals surface area contributed by atoms with Gasteiger partial charge in [0.05, 0.1) is 24.3 Å². The lowest BCUT2D eigenvalue weighted by Gasteiger charge is -1.84. The summed E-state index contributed by atoms with van der Waals surface area (Å²) >= 11 is 0. The molecule has 60 valence electrons. The number of nitrogens with one attached hydrogen (secondary N) is 1. The van der Waals surface area contributed by atoms with Crippen LogP contribution in [0.15, 0.2) is 30.2 Å². The molecule has 3 nitrogen and oxygen atoms in total. The molecule has 0 spiro atoms. The second-order valence-electron chi connectivity index (χ2n) is 2.20. The Labute approximate surface area is 71.1 Å². The van der Waals surface area contributed by atoms with Crippen molar-refractivity contribution in [3.63, 3.8) is 0 Å². The lowest BCUT2D eigenvalue weighted by molar-refractivity contribution is 1.31. The highest BCUT2D eigenvalue weighted by Crippen LogP contribution is 2.00. The summed E-state index contributed by atoms with van der Waals surface area (Å²) in [5, 5.41) is 8.56. The molecule has 1 heterocycles. The number of aromatic nitrogens is 2. The molecular formula is C9H9N3. The molecule has 0 saturated carbocycles. The van der Waals surface area contributed by atoms with Gasteiger partial charge in [-0.25, -0.2) is 4.98 Å². The number of H-pyrrole nitrogens is 1. The van der Waals surface area contributed by atoms with Crippen LogP contribution in [-0.2, 0) is 0 Å². The number of rotatable bonds is 2. The molecule has 0 unspecified atom stereocenters. The molecule has 0 aromatic carbocycles. The number of nitriles is 1. The maximum Gasteiger partial charge on any atom is 0.0988 e. The van der Waals surface area contributed by atoms with Gasteiger partial charge >= 0.3 is 0 Å². The highest BCUT2D eigenvalue weighted by molar-refractivity contribution is 5.51. The van der Waals surface area contributed by atoms with Crippen molar-refractivity contribution in [2.75, 3.05) is 0 Å². The monoisotopic (exact) mass is 159 g/mol. The summed E-state index contributed by atoms with van der Waals surface area (Å²) in [6.45, 7) is 1.83. The van der Waals surface area contributed by atoms with Crippen molar-refractivity contribution >= 4 is 6.08 Å². The SMILES string of the molecule is C/C=C(C#N)\C=C/c1cnc[nH]1. The minimum absolute atomic E-state index is 0.643. The van der Waals surface area contributed by atoms with Gasteiger partial charge < -0.3 is 4.98 Å². The smallest absolute Gasteiger partial charge is 0.0988 e. The lowest BCUT2D eigenvalue weighted by Crippen LogP contribution is -1.71. The molecule has 1 aromatic rings. The zero-order valence-electron chi connectivity index (χ0n) is 6.78. The molecule has 3 heteroatoms. The molecule has 0 radical (unpaired) electrons. The fraction of sp³-hybridized carbons (Fsp3) is 0.111. The molecule has 0 bridgehead atoms. The van der Waals surface area contributed by atoms with Crippen LogP contribution in [0.4, 0.5) is 0 Å². The fourth-order valence-corrected chi connectivity index (χ4v) is 0.735. The van der Waals surface area contributed by atoms with Gasteiger partial charge in [-0.05, 0) is 19.1 Å². The van der Waals surface area contributed by atoms with Crippen molar-refractivity contribution in [1.82, 2.24) is 9.97 Å². The number of aromatic amines is 1. The van der Waals surface area contributed by atoms with Gasteiger partial charge in [-0.2, -0.15) is 5.26 Å². The van der Waals surface area contributed by atoms with Gasteiger partial charge in [0.25, 0.3) is 0 Å². The van der Waals surface area contributed by atoms with E-state index in [0.29, 0.717) is 5.57 Å². The van der Waals surface area contributed by atoms with E-state index in [9.17, 15) is 0 Å². The zero-order chi connectivity index (χ0) is 8.81. The topological polar surface area (TPSA) is 52.5 Å². The van der Waals surface area contributed by atoms with Gasteiger partial charge in [-0.15, -0.1) is 0 Å². The Bertz CT molecular complexity index is 325. The first-order valence-electron chi connectivity index (χ1n) is 3.59. The Balaban J connectivity index is 2.70. The number of hydrogen-bond donors (Lipinski definition) is 1. The van der Waals surface area contributed by atoms with Gasteiger partial charge in [0.1, 0.15) is 0 Å². The molecular weight excluding hydrogens is 150 g/mol. The predicted molar refractivity (Wildman–Crippen MR) is 47.0 cm³/mol. The van der Waals surface area contributed by atoms with Crippen LogP contribution in [0.25, 0.3) is 6.08 Å². The normalized spacial score (nSPS) is 11.8. The third-order valence-corrected chi connectivity index (χ3v) is 1.40. The van der Waals surface area contributed by atoms with Crippen molar-refractivity contribution in [1.29, 1.82) is 5.26 Å². The van der Waals surface area contributed by atoms with Crippen LogP contribution in [0.5, 0.6) is 0 Å². The van der Waals surface area contributed by atoms with Crippen LogP contribution in [0.1, 0.15) is 12.6 Å². The summed E-state index contributed by atoms with van der Waals surface area (Å²) in [5.74, 6) is 0. The van der Waals surface area contributed by atoms with Crippen LogP contribution in [-0.4, -0.2) is 9.97 Å². The first-order chi connectivity index (χ1) is 5.86. The van der Waals surface area contributed by atoms with E-state index in [1.54, 1.807) is 24.7 Å². The summed E-state index contributed by atoms with van der Waals surface area (Å²) in [6, 6.07) is 2.05. The Hall–Kier alpha value is -1.82. The lowest BCUT2D eigenvalue weighted by atomic mass is 10.2. The Morgan fingerprint density at radius 1 is 1.75 bits per heavy atom. The minimum atomic E-state index is 0.643. The van der Waals surface area contributed by atoms with Gasteiger partial charge in [0.2, 0.25) is 0 Å². The van der Waals surface area contributed by atoms with Gasteiger partial charge in [-0.1, -0.05) is 6.08 Å². The quantitative estimate of drug-likeness (QED) is 0.529.